The van der Waals surface area contributed by atoms with Crippen LogP contribution >= 0.6 is 11.8 Å². The van der Waals surface area contributed by atoms with Crippen LogP contribution in [0.15, 0.2) is 29.4 Å². The Hall–Kier alpha value is -0.540. The number of pyridine rings is 1. The van der Waals surface area contributed by atoms with Crippen LogP contribution in [0.1, 0.15) is 12.8 Å². The van der Waals surface area contributed by atoms with Crippen LogP contribution in [0.2, 0.25) is 0 Å². The van der Waals surface area contributed by atoms with Crippen LogP contribution in [0, 0.1) is 0 Å². The summed E-state index contributed by atoms with van der Waals surface area (Å²) in [4.78, 5) is 5.35. The molecule has 3 heteroatoms. The van der Waals surface area contributed by atoms with Gasteiger partial charge in [-0.1, -0.05) is 0 Å². The molecule has 2 rings (SSSR count). The molecule has 0 aliphatic carbocycles. The highest BCUT2D eigenvalue weighted by Crippen LogP contribution is 2.26. The van der Waals surface area contributed by atoms with E-state index >= 15 is 0 Å². The maximum Gasteiger partial charge on any atom is 0.0278 e. The monoisotopic (exact) mass is 194 g/mol. The molecule has 0 spiro atoms. The number of thioether (sulfide) groups is 1. The summed E-state index contributed by atoms with van der Waals surface area (Å²) in [6, 6.07) is 4.17. The van der Waals surface area contributed by atoms with E-state index in [-0.39, 0.29) is 0 Å². The molecule has 1 atom stereocenters. The SMILES string of the molecule is c1cc(SC2CCCNC2)ccn1. The number of hydrogen-bond donors (Lipinski definition) is 1. The fourth-order valence-corrected chi connectivity index (χ4v) is 2.68. The maximum atomic E-state index is 4.01. The lowest BCUT2D eigenvalue weighted by Gasteiger charge is -2.21. The van der Waals surface area contributed by atoms with Gasteiger partial charge in [-0.25, -0.2) is 0 Å². The molecule has 0 bridgehead atoms. The number of nitrogens with one attached hydrogen (secondary N) is 1. The molecule has 0 amide bonds. The molecule has 13 heavy (non-hydrogen) atoms. The largest absolute Gasteiger partial charge is 0.316 e. The van der Waals surface area contributed by atoms with Gasteiger partial charge in [0.15, 0.2) is 0 Å². The zero-order valence-electron chi connectivity index (χ0n) is 7.57. The van der Waals surface area contributed by atoms with Crippen LogP contribution in [0.4, 0.5) is 0 Å². The van der Waals surface area contributed by atoms with Gasteiger partial charge in [-0.2, -0.15) is 0 Å². The summed E-state index contributed by atoms with van der Waals surface area (Å²) in [6.45, 7) is 2.33. The van der Waals surface area contributed by atoms with Gasteiger partial charge in [0.1, 0.15) is 0 Å². The highest BCUT2D eigenvalue weighted by molar-refractivity contribution is 8.00. The molecule has 1 aliphatic heterocycles. The first-order valence-electron chi connectivity index (χ1n) is 4.72. The number of aromatic nitrogens is 1. The number of piperidine rings is 1. The predicted molar refractivity (Wildman–Crippen MR) is 56.0 cm³/mol. The van der Waals surface area contributed by atoms with Crippen LogP contribution in [0.5, 0.6) is 0 Å². The molecule has 0 saturated carbocycles. The molecular weight excluding hydrogens is 180 g/mol. The van der Waals surface area contributed by atoms with Crippen molar-refractivity contribution in [1.82, 2.24) is 10.3 Å². The minimum absolute atomic E-state index is 0.746. The summed E-state index contributed by atoms with van der Waals surface area (Å²) >= 11 is 1.96. The standard InChI is InChI=1S/C10H14N2S/c1-2-10(8-12-5-1)13-9-3-6-11-7-4-9/h3-4,6-7,10,12H,1-2,5,8H2. The van der Waals surface area contributed by atoms with E-state index in [1.807, 2.05) is 24.2 Å². The Kier molecular flexibility index (Phi) is 3.22. The zero-order chi connectivity index (χ0) is 8.93. The lowest BCUT2D eigenvalue weighted by atomic mass is 10.2. The maximum absolute atomic E-state index is 4.01. The van der Waals surface area contributed by atoms with Crippen LogP contribution in [-0.2, 0) is 0 Å². The third kappa shape index (κ3) is 2.71. The summed E-state index contributed by atoms with van der Waals surface area (Å²) in [5.74, 6) is 0. The molecule has 1 aliphatic rings. The fourth-order valence-electron chi connectivity index (χ4n) is 1.53. The lowest BCUT2D eigenvalue weighted by molar-refractivity contribution is 0.531. The topological polar surface area (TPSA) is 24.9 Å². The average molecular weight is 194 g/mol. The van der Waals surface area contributed by atoms with E-state index in [1.165, 1.54) is 24.3 Å². The Balaban J connectivity index is 1.90. The van der Waals surface area contributed by atoms with E-state index in [0.717, 1.165) is 11.8 Å². The molecule has 1 aromatic heterocycles. The lowest BCUT2D eigenvalue weighted by Crippen LogP contribution is -2.31. The van der Waals surface area contributed by atoms with Gasteiger partial charge < -0.3 is 5.32 Å². The molecule has 0 radical (unpaired) electrons. The van der Waals surface area contributed by atoms with Gasteiger partial charge in [0.2, 0.25) is 0 Å². The van der Waals surface area contributed by atoms with E-state index in [0.29, 0.717) is 0 Å². The second kappa shape index (κ2) is 4.63. The zero-order valence-corrected chi connectivity index (χ0v) is 8.39. The van der Waals surface area contributed by atoms with Crippen molar-refractivity contribution in [2.75, 3.05) is 13.1 Å². The first kappa shape index (κ1) is 9.03. The van der Waals surface area contributed by atoms with E-state index < -0.39 is 0 Å². The molecule has 1 unspecified atom stereocenters. The minimum atomic E-state index is 0.746. The molecule has 70 valence electrons. The van der Waals surface area contributed by atoms with E-state index in [9.17, 15) is 0 Å². The van der Waals surface area contributed by atoms with E-state index in [4.69, 9.17) is 0 Å². The molecule has 1 fully saturated rings. The van der Waals surface area contributed by atoms with Gasteiger partial charge in [0.05, 0.1) is 0 Å². The molecule has 1 saturated heterocycles. The highest BCUT2D eigenvalue weighted by Gasteiger charge is 2.13. The van der Waals surface area contributed by atoms with Crippen molar-refractivity contribution in [2.45, 2.75) is 23.0 Å². The van der Waals surface area contributed by atoms with Gasteiger partial charge in [-0.3, -0.25) is 4.98 Å². The first-order valence-corrected chi connectivity index (χ1v) is 5.60. The first-order chi connectivity index (χ1) is 6.45. The van der Waals surface area contributed by atoms with Crippen LogP contribution in [0.3, 0.4) is 0 Å². The van der Waals surface area contributed by atoms with Crippen LogP contribution < -0.4 is 5.32 Å². The Morgan fingerprint density at radius 2 is 2.23 bits per heavy atom. The van der Waals surface area contributed by atoms with Gasteiger partial charge in [-0.15, -0.1) is 11.8 Å². The fraction of sp³-hybridized carbons (Fsp3) is 0.500. The second-order valence-corrected chi connectivity index (χ2v) is 4.64. The molecule has 1 aromatic rings. The summed E-state index contributed by atoms with van der Waals surface area (Å²) < 4.78 is 0. The third-order valence-electron chi connectivity index (χ3n) is 2.20. The Morgan fingerprint density at radius 1 is 1.38 bits per heavy atom. The van der Waals surface area contributed by atoms with Crippen molar-refractivity contribution in [3.05, 3.63) is 24.5 Å². The van der Waals surface area contributed by atoms with Crippen molar-refractivity contribution >= 4 is 11.8 Å². The quantitative estimate of drug-likeness (QED) is 0.778. The summed E-state index contributed by atoms with van der Waals surface area (Å²) in [7, 11) is 0. The van der Waals surface area contributed by atoms with Gasteiger partial charge in [0.25, 0.3) is 0 Å². The molecule has 2 heterocycles. The number of hydrogen-bond acceptors (Lipinski definition) is 3. The minimum Gasteiger partial charge on any atom is -0.316 e. The van der Waals surface area contributed by atoms with Gasteiger partial charge >= 0.3 is 0 Å². The van der Waals surface area contributed by atoms with E-state index in [1.54, 1.807) is 0 Å². The predicted octanol–water partition coefficient (Wildman–Crippen LogP) is 1.93. The number of rotatable bonds is 2. The highest BCUT2D eigenvalue weighted by atomic mass is 32.2. The van der Waals surface area contributed by atoms with Crippen molar-refractivity contribution in [3.8, 4) is 0 Å². The van der Waals surface area contributed by atoms with Crippen molar-refractivity contribution in [3.63, 3.8) is 0 Å². The molecule has 1 N–H and O–H groups in total. The van der Waals surface area contributed by atoms with Crippen molar-refractivity contribution in [2.24, 2.45) is 0 Å². The average Bonchev–Trinajstić information content (AvgIpc) is 2.21. The van der Waals surface area contributed by atoms with Crippen LogP contribution in [0.25, 0.3) is 0 Å². The smallest absolute Gasteiger partial charge is 0.0278 e. The molecular formula is C10H14N2S. The third-order valence-corrected chi connectivity index (χ3v) is 3.48. The van der Waals surface area contributed by atoms with Crippen molar-refractivity contribution < 1.29 is 0 Å². The summed E-state index contributed by atoms with van der Waals surface area (Å²) in [5, 5.41) is 4.17. The summed E-state index contributed by atoms with van der Waals surface area (Å²) in [6.07, 6.45) is 6.36. The normalized spacial score (nSPS) is 22.9. The Labute approximate surface area is 83.1 Å². The van der Waals surface area contributed by atoms with Gasteiger partial charge in [-0.05, 0) is 31.5 Å². The Bertz CT molecular complexity index is 244. The molecule has 2 nitrogen and oxygen atoms in total. The molecule has 0 aromatic carbocycles. The Morgan fingerprint density at radius 3 is 2.92 bits per heavy atom. The van der Waals surface area contributed by atoms with Crippen LogP contribution in [-0.4, -0.2) is 23.3 Å². The van der Waals surface area contributed by atoms with Crippen molar-refractivity contribution in [1.29, 1.82) is 0 Å². The number of nitrogens with zero attached hydrogens (tertiary/aromatic N) is 1. The summed E-state index contributed by atoms with van der Waals surface area (Å²) in [5.41, 5.74) is 0. The van der Waals surface area contributed by atoms with Gasteiger partial charge in [0, 0.05) is 29.1 Å². The van der Waals surface area contributed by atoms with E-state index in [2.05, 4.69) is 22.4 Å². The second-order valence-electron chi connectivity index (χ2n) is 3.27.